The Hall–Kier alpha value is -2.06. The third kappa shape index (κ3) is 5.13. The minimum absolute atomic E-state index is 0.0363. The van der Waals surface area contributed by atoms with Gasteiger partial charge in [0.25, 0.3) is 0 Å². The first-order valence-electron chi connectivity index (χ1n) is 11.5. The maximum absolute atomic E-state index is 10.8. The van der Waals surface area contributed by atoms with Gasteiger partial charge in [0.1, 0.15) is 17.8 Å². The number of benzene rings is 3. The van der Waals surface area contributed by atoms with Gasteiger partial charge in [0.2, 0.25) is 0 Å². The van der Waals surface area contributed by atoms with Crippen molar-refractivity contribution in [3.8, 4) is 0 Å². The Morgan fingerprint density at radius 1 is 0.794 bits per heavy atom. The van der Waals surface area contributed by atoms with Gasteiger partial charge in [-0.1, -0.05) is 107 Å². The Morgan fingerprint density at radius 2 is 1.24 bits per heavy atom. The second-order valence-corrected chi connectivity index (χ2v) is 9.80. The van der Waals surface area contributed by atoms with Crippen molar-refractivity contribution in [2.45, 2.75) is 55.0 Å². The molecule has 1 fully saturated rings. The van der Waals surface area contributed by atoms with Crippen LogP contribution in [0.2, 0.25) is 0 Å². The zero-order valence-corrected chi connectivity index (χ0v) is 20.9. The molecule has 3 aromatic carbocycles. The van der Waals surface area contributed by atoms with E-state index in [2.05, 4.69) is 15.9 Å². The van der Waals surface area contributed by atoms with E-state index in [-0.39, 0.29) is 12.7 Å². The lowest BCUT2D eigenvalue weighted by Gasteiger charge is -2.43. The molecule has 0 unspecified atom stereocenters. The smallest absolute Gasteiger partial charge is 0.173 e. The molecule has 3 aromatic rings. The molecule has 0 bridgehead atoms. The van der Waals surface area contributed by atoms with Crippen LogP contribution in [-0.4, -0.2) is 52.4 Å². The largest absolute Gasteiger partial charge is 0.389 e. The average molecular weight is 527 g/mol. The first-order valence-corrected chi connectivity index (χ1v) is 12.5. The molecule has 180 valence electrons. The van der Waals surface area contributed by atoms with Crippen molar-refractivity contribution in [2.24, 2.45) is 0 Å². The van der Waals surface area contributed by atoms with Gasteiger partial charge in [0.15, 0.2) is 6.29 Å². The lowest BCUT2D eigenvalue weighted by molar-refractivity contribution is -0.266. The van der Waals surface area contributed by atoms with Crippen LogP contribution >= 0.6 is 15.9 Å². The highest BCUT2D eigenvalue weighted by Gasteiger charge is 2.46. The van der Waals surface area contributed by atoms with E-state index in [1.807, 2.05) is 105 Å². The SMILES string of the molecule is CC(C)O[C@@H]1O[C@@H](COC(c2ccccc2)(c2ccccc2)c2ccccc2)[C@H](O)[C@@H](O)[C@H]1Br. The molecule has 0 amide bonds. The van der Waals surface area contributed by atoms with Crippen LogP contribution in [0.25, 0.3) is 0 Å². The molecule has 2 N–H and O–H groups in total. The maximum Gasteiger partial charge on any atom is 0.173 e. The third-order valence-electron chi connectivity index (χ3n) is 6.04. The van der Waals surface area contributed by atoms with Crippen LogP contribution < -0.4 is 0 Å². The van der Waals surface area contributed by atoms with E-state index in [1.54, 1.807) is 0 Å². The Kier molecular flexibility index (Phi) is 8.19. The molecule has 34 heavy (non-hydrogen) atoms. The second kappa shape index (κ2) is 11.1. The first-order chi connectivity index (χ1) is 16.4. The van der Waals surface area contributed by atoms with E-state index < -0.39 is 35.0 Å². The predicted octanol–water partition coefficient (Wildman–Crippen LogP) is 4.63. The van der Waals surface area contributed by atoms with Crippen LogP contribution in [0.3, 0.4) is 0 Å². The molecule has 1 aliphatic rings. The number of hydrogen-bond acceptors (Lipinski definition) is 5. The lowest BCUT2D eigenvalue weighted by Crippen LogP contribution is -2.58. The Labute approximate surface area is 209 Å². The predicted molar refractivity (Wildman–Crippen MR) is 135 cm³/mol. The van der Waals surface area contributed by atoms with Crippen LogP contribution in [0.15, 0.2) is 91.0 Å². The van der Waals surface area contributed by atoms with Gasteiger partial charge in [-0.3, -0.25) is 0 Å². The number of rotatable bonds is 8. The van der Waals surface area contributed by atoms with Gasteiger partial charge in [0.05, 0.1) is 23.6 Å². The van der Waals surface area contributed by atoms with Crippen molar-refractivity contribution in [1.29, 1.82) is 0 Å². The molecule has 1 heterocycles. The molecule has 5 nitrogen and oxygen atoms in total. The summed E-state index contributed by atoms with van der Waals surface area (Å²) in [5.41, 5.74) is 1.90. The second-order valence-electron chi connectivity index (χ2n) is 8.74. The highest BCUT2D eigenvalue weighted by atomic mass is 79.9. The lowest BCUT2D eigenvalue weighted by atomic mass is 9.80. The molecule has 0 aromatic heterocycles. The minimum Gasteiger partial charge on any atom is -0.389 e. The normalized spacial score (nSPS) is 25.4. The molecule has 1 saturated heterocycles. The zero-order chi connectivity index (χ0) is 24.1. The van der Waals surface area contributed by atoms with Crippen molar-refractivity contribution >= 4 is 15.9 Å². The van der Waals surface area contributed by atoms with Crippen LogP contribution in [0.1, 0.15) is 30.5 Å². The number of halogens is 1. The van der Waals surface area contributed by atoms with Crippen LogP contribution in [0, 0.1) is 0 Å². The summed E-state index contributed by atoms with van der Waals surface area (Å²) in [6.45, 7) is 3.84. The Bertz CT molecular complexity index is 918. The van der Waals surface area contributed by atoms with Gasteiger partial charge in [-0.25, -0.2) is 0 Å². The molecule has 0 saturated carbocycles. The van der Waals surface area contributed by atoms with Crippen molar-refractivity contribution in [3.05, 3.63) is 108 Å². The summed E-state index contributed by atoms with van der Waals surface area (Å²) in [4.78, 5) is -0.553. The van der Waals surface area contributed by atoms with Crippen LogP contribution in [0.5, 0.6) is 0 Å². The van der Waals surface area contributed by atoms with Gasteiger partial charge in [0, 0.05) is 0 Å². The molecule has 1 aliphatic heterocycles. The van der Waals surface area contributed by atoms with Gasteiger partial charge in [-0.2, -0.15) is 0 Å². The number of hydrogen-bond donors (Lipinski definition) is 2. The molecule has 0 aliphatic carbocycles. The summed E-state index contributed by atoms with van der Waals surface area (Å²) in [6.07, 6.45) is -3.82. The van der Waals surface area contributed by atoms with Crippen molar-refractivity contribution in [3.63, 3.8) is 0 Å². The standard InChI is InChI=1S/C28H31BrO5/c1-19(2)33-27-24(29)26(31)25(30)23(34-27)18-32-28(20-12-6-3-7-13-20,21-14-8-4-9-15-21)22-16-10-5-11-17-22/h3-17,19,23-27,30-31H,18H2,1-2H3/t23-,24+,25-,26-,27+/m0/s1. The summed E-state index contributed by atoms with van der Waals surface area (Å²) in [5.74, 6) is 0. The number of aliphatic hydroxyl groups is 2. The number of ether oxygens (including phenoxy) is 3. The summed E-state index contributed by atoms with van der Waals surface area (Å²) in [5, 5.41) is 21.5. The minimum atomic E-state index is -1.14. The van der Waals surface area contributed by atoms with Crippen molar-refractivity contribution in [1.82, 2.24) is 0 Å². The average Bonchev–Trinajstić information content (AvgIpc) is 2.87. The third-order valence-corrected chi connectivity index (χ3v) is 7.01. The van der Waals surface area contributed by atoms with Gasteiger partial charge in [-0.05, 0) is 30.5 Å². The fraction of sp³-hybridized carbons (Fsp3) is 0.357. The van der Waals surface area contributed by atoms with Gasteiger partial charge >= 0.3 is 0 Å². The monoisotopic (exact) mass is 526 g/mol. The van der Waals surface area contributed by atoms with Crippen molar-refractivity contribution in [2.75, 3.05) is 6.61 Å². The molecule has 6 heteroatoms. The Morgan fingerprint density at radius 3 is 1.65 bits per heavy atom. The molecular formula is C28H31BrO5. The fourth-order valence-electron chi connectivity index (χ4n) is 4.39. The van der Waals surface area contributed by atoms with E-state index in [0.29, 0.717) is 0 Å². The number of aliphatic hydroxyl groups excluding tert-OH is 2. The van der Waals surface area contributed by atoms with E-state index in [1.165, 1.54) is 0 Å². The summed E-state index contributed by atoms with van der Waals surface area (Å²) in [7, 11) is 0. The zero-order valence-electron chi connectivity index (χ0n) is 19.3. The van der Waals surface area contributed by atoms with Crippen LogP contribution in [-0.2, 0) is 19.8 Å². The molecule has 4 rings (SSSR count). The van der Waals surface area contributed by atoms with E-state index in [4.69, 9.17) is 14.2 Å². The molecule has 5 atom stereocenters. The summed E-state index contributed by atoms with van der Waals surface area (Å²) in [6, 6.07) is 30.0. The first kappa shape index (κ1) is 25.0. The highest BCUT2D eigenvalue weighted by Crippen LogP contribution is 2.41. The van der Waals surface area contributed by atoms with Crippen LogP contribution in [0.4, 0.5) is 0 Å². The van der Waals surface area contributed by atoms with Crippen molar-refractivity contribution < 1.29 is 24.4 Å². The molecular weight excluding hydrogens is 496 g/mol. The highest BCUT2D eigenvalue weighted by molar-refractivity contribution is 9.09. The van der Waals surface area contributed by atoms with Gasteiger partial charge < -0.3 is 24.4 Å². The quantitative estimate of drug-likeness (QED) is 0.330. The fourth-order valence-corrected chi connectivity index (χ4v) is 4.95. The Balaban J connectivity index is 1.73. The van der Waals surface area contributed by atoms with E-state index >= 15 is 0 Å². The van der Waals surface area contributed by atoms with Gasteiger partial charge in [-0.15, -0.1) is 0 Å². The molecule has 0 spiro atoms. The summed E-state index contributed by atoms with van der Waals surface area (Å²) < 4.78 is 18.7. The van der Waals surface area contributed by atoms with E-state index in [0.717, 1.165) is 16.7 Å². The molecule has 0 radical (unpaired) electrons. The topological polar surface area (TPSA) is 68.2 Å². The summed E-state index contributed by atoms with van der Waals surface area (Å²) >= 11 is 3.42. The van der Waals surface area contributed by atoms with E-state index in [9.17, 15) is 10.2 Å². The number of alkyl halides is 1. The maximum atomic E-state index is 10.8.